The molecule has 9 heteroatoms. The summed E-state index contributed by atoms with van der Waals surface area (Å²) in [6.45, 7) is -0.487. The molecule has 0 aromatic heterocycles. The summed E-state index contributed by atoms with van der Waals surface area (Å²) in [6.07, 6.45) is -2.32. The maximum Gasteiger partial charge on any atom is 0.491 e. The molecule has 24 heavy (non-hydrogen) atoms. The van der Waals surface area contributed by atoms with E-state index in [1.807, 2.05) is 0 Å². The lowest BCUT2D eigenvalue weighted by Crippen LogP contribution is -2.41. The van der Waals surface area contributed by atoms with Gasteiger partial charge in [0, 0.05) is 12.3 Å². The van der Waals surface area contributed by atoms with Crippen molar-refractivity contribution in [1.29, 1.82) is 0 Å². The Morgan fingerprint density at radius 1 is 1.00 bits per heavy atom. The highest BCUT2D eigenvalue weighted by Gasteiger charge is 2.44. The molecule has 0 aromatic rings. The van der Waals surface area contributed by atoms with Crippen LogP contribution in [0, 0.1) is 17.8 Å². The van der Waals surface area contributed by atoms with Crippen molar-refractivity contribution in [3.63, 3.8) is 0 Å². The van der Waals surface area contributed by atoms with Gasteiger partial charge in [0.1, 0.15) is 0 Å². The predicted molar refractivity (Wildman–Crippen MR) is 72.0 cm³/mol. The summed E-state index contributed by atoms with van der Waals surface area (Å²) in [5.74, 6) is -4.84. The van der Waals surface area contributed by atoms with E-state index in [1.54, 1.807) is 0 Å². The Kier molecular flexibility index (Phi) is 6.06. The Bertz CT molecular complexity index is 419. The van der Waals surface area contributed by atoms with Crippen molar-refractivity contribution in [1.82, 2.24) is 0 Å². The zero-order valence-electron chi connectivity index (χ0n) is 13.3. The van der Waals surface area contributed by atoms with E-state index in [4.69, 9.17) is 9.47 Å². The smallest absolute Gasteiger partial charge is 0.404 e. The number of ether oxygens (including phenoxy) is 3. The van der Waals surface area contributed by atoms with E-state index in [0.717, 1.165) is 19.8 Å². The molecule has 1 aliphatic heterocycles. The van der Waals surface area contributed by atoms with Crippen LogP contribution < -0.4 is 0 Å². The first-order valence-electron chi connectivity index (χ1n) is 7.93. The lowest BCUT2D eigenvalue weighted by molar-refractivity contribution is -0.324. The van der Waals surface area contributed by atoms with Gasteiger partial charge in [-0.25, -0.2) is 13.6 Å². The van der Waals surface area contributed by atoms with Crippen LogP contribution in [-0.4, -0.2) is 37.8 Å². The average Bonchev–Trinajstić information content (AvgIpc) is 2.46. The molecule has 0 bridgehead atoms. The van der Waals surface area contributed by atoms with Gasteiger partial charge in [0.15, 0.2) is 0 Å². The summed E-state index contributed by atoms with van der Waals surface area (Å²) in [4.78, 5) is 10.7. The number of hydrogen-bond donors (Lipinski definition) is 0. The highest BCUT2D eigenvalue weighted by Crippen LogP contribution is 2.39. The molecule has 2 aliphatic rings. The van der Waals surface area contributed by atoms with Crippen molar-refractivity contribution < 1.29 is 41.0 Å². The minimum Gasteiger partial charge on any atom is -0.404 e. The molecule has 1 aliphatic carbocycles. The second kappa shape index (κ2) is 7.51. The monoisotopic (exact) mass is 360 g/mol. The van der Waals surface area contributed by atoms with Crippen LogP contribution in [0.2, 0.25) is 0 Å². The lowest BCUT2D eigenvalue weighted by atomic mass is 9.74. The largest absolute Gasteiger partial charge is 0.491 e. The number of carbonyl (C=O) groups excluding carboxylic acids is 1. The molecule has 0 unspecified atom stereocenters. The summed E-state index contributed by atoms with van der Waals surface area (Å²) in [5, 5.41) is 0. The second-order valence-electron chi connectivity index (χ2n) is 6.67. The molecule has 1 heterocycles. The molecule has 0 aromatic carbocycles. The molecule has 2 rings (SSSR count). The predicted octanol–water partition coefficient (Wildman–Crippen LogP) is 3.89. The van der Waals surface area contributed by atoms with E-state index in [-0.39, 0.29) is 37.4 Å². The highest BCUT2D eigenvalue weighted by atomic mass is 19.4. The van der Waals surface area contributed by atoms with Crippen molar-refractivity contribution >= 4 is 5.97 Å². The van der Waals surface area contributed by atoms with Crippen molar-refractivity contribution in [2.24, 2.45) is 17.8 Å². The van der Waals surface area contributed by atoms with Gasteiger partial charge in [-0.3, -0.25) is 0 Å². The van der Waals surface area contributed by atoms with Gasteiger partial charge in [0.2, 0.25) is 5.92 Å². The van der Waals surface area contributed by atoms with Gasteiger partial charge in [-0.2, -0.15) is 13.2 Å². The number of alkyl halides is 5. The first-order chi connectivity index (χ1) is 11.0. The van der Waals surface area contributed by atoms with Crippen LogP contribution in [0.15, 0.2) is 0 Å². The molecule has 140 valence electrons. The minimum atomic E-state index is -5.09. The Hall–Kier alpha value is -0.960. The van der Waals surface area contributed by atoms with Crippen LogP contribution in [0.3, 0.4) is 0 Å². The molecule has 0 spiro atoms. The summed E-state index contributed by atoms with van der Waals surface area (Å²) < 4.78 is 76.5. The summed E-state index contributed by atoms with van der Waals surface area (Å²) in [6, 6.07) is 0. The van der Waals surface area contributed by atoms with E-state index in [9.17, 15) is 26.7 Å². The Labute approximate surface area is 136 Å². The van der Waals surface area contributed by atoms with Crippen LogP contribution in [0.25, 0.3) is 0 Å². The molecular weight excluding hydrogens is 339 g/mol. The molecule has 4 nitrogen and oxygen atoms in total. The van der Waals surface area contributed by atoms with Crippen LogP contribution in [0.4, 0.5) is 22.0 Å². The first-order valence-corrected chi connectivity index (χ1v) is 7.93. The topological polar surface area (TPSA) is 44.8 Å². The average molecular weight is 360 g/mol. The van der Waals surface area contributed by atoms with Gasteiger partial charge in [-0.1, -0.05) is 0 Å². The van der Waals surface area contributed by atoms with Crippen molar-refractivity contribution in [2.45, 2.75) is 57.6 Å². The lowest BCUT2D eigenvalue weighted by Gasteiger charge is -2.37. The molecular formula is C15H21F5O4. The normalized spacial score (nSPS) is 32.4. The van der Waals surface area contributed by atoms with E-state index in [0.29, 0.717) is 12.8 Å². The molecule has 1 saturated carbocycles. The van der Waals surface area contributed by atoms with Crippen molar-refractivity contribution in [3.8, 4) is 0 Å². The number of carbonyl (C=O) groups is 1. The van der Waals surface area contributed by atoms with Gasteiger partial charge in [-0.15, -0.1) is 0 Å². The third-order valence-corrected chi connectivity index (χ3v) is 4.53. The zero-order valence-corrected chi connectivity index (χ0v) is 13.3. The number of hydrogen-bond acceptors (Lipinski definition) is 4. The van der Waals surface area contributed by atoms with Gasteiger partial charge < -0.3 is 14.2 Å². The van der Waals surface area contributed by atoms with E-state index in [1.165, 1.54) is 0 Å². The minimum absolute atomic E-state index is 0.00725. The third-order valence-electron chi connectivity index (χ3n) is 4.53. The molecule has 0 radical (unpaired) electrons. The molecule has 0 amide bonds. The van der Waals surface area contributed by atoms with Crippen LogP contribution in [0.5, 0.6) is 0 Å². The summed E-state index contributed by atoms with van der Waals surface area (Å²) in [5.41, 5.74) is 0. The molecule has 0 atom stereocenters. The van der Waals surface area contributed by atoms with Gasteiger partial charge >= 0.3 is 18.6 Å². The quantitative estimate of drug-likeness (QED) is 0.564. The van der Waals surface area contributed by atoms with Crippen LogP contribution in [0.1, 0.15) is 39.0 Å². The Morgan fingerprint density at radius 3 is 2.00 bits per heavy atom. The standard InChI is InChI=1S/C15H21F5O4/c1-14(16,17)6-9-2-4-10(5-3-9)11-7-22-13(23-8-11)24-12(21)15(18,19)20/h9-11,13H,2-8H2,1H3. The van der Waals surface area contributed by atoms with Crippen molar-refractivity contribution in [3.05, 3.63) is 0 Å². The summed E-state index contributed by atoms with van der Waals surface area (Å²) >= 11 is 0. The Morgan fingerprint density at radius 2 is 1.54 bits per heavy atom. The first kappa shape index (κ1) is 19.4. The van der Waals surface area contributed by atoms with Gasteiger partial charge in [0.25, 0.3) is 0 Å². The van der Waals surface area contributed by atoms with E-state index < -0.39 is 24.5 Å². The van der Waals surface area contributed by atoms with Crippen LogP contribution >= 0.6 is 0 Å². The summed E-state index contributed by atoms with van der Waals surface area (Å²) in [7, 11) is 0. The maximum absolute atomic E-state index is 13.0. The van der Waals surface area contributed by atoms with Crippen LogP contribution in [-0.2, 0) is 19.0 Å². The van der Waals surface area contributed by atoms with E-state index in [2.05, 4.69) is 4.74 Å². The second-order valence-corrected chi connectivity index (χ2v) is 6.67. The zero-order chi connectivity index (χ0) is 18.0. The molecule has 1 saturated heterocycles. The van der Waals surface area contributed by atoms with E-state index >= 15 is 0 Å². The third kappa shape index (κ3) is 5.84. The fraction of sp³-hybridized carbons (Fsp3) is 0.933. The fourth-order valence-corrected chi connectivity index (χ4v) is 3.37. The fourth-order valence-electron chi connectivity index (χ4n) is 3.37. The number of rotatable bonds is 4. The maximum atomic E-state index is 13.0. The van der Waals surface area contributed by atoms with Gasteiger partial charge in [-0.05, 0) is 44.4 Å². The Balaban J connectivity index is 1.71. The SMILES string of the molecule is CC(F)(F)CC1CCC(C2COC(OC(=O)C(F)(F)F)OC2)CC1. The molecule has 0 N–H and O–H groups in total. The highest BCUT2D eigenvalue weighted by molar-refractivity contribution is 5.75. The number of halogens is 5. The van der Waals surface area contributed by atoms with Gasteiger partial charge in [0.05, 0.1) is 13.2 Å². The van der Waals surface area contributed by atoms with Crippen molar-refractivity contribution in [2.75, 3.05) is 13.2 Å². The number of esters is 1. The molecule has 2 fully saturated rings.